The van der Waals surface area contributed by atoms with Crippen LogP contribution in [0.15, 0.2) is 12.1 Å². The molecule has 8 heteroatoms. The molecule has 1 spiro atoms. The summed E-state index contributed by atoms with van der Waals surface area (Å²) >= 11 is 0. The Labute approximate surface area is 183 Å². The number of pyridine rings is 1. The maximum absolute atomic E-state index is 13.6. The van der Waals surface area contributed by atoms with E-state index in [9.17, 15) is 14.7 Å². The predicted molar refractivity (Wildman–Crippen MR) is 115 cm³/mol. The number of amides is 1. The van der Waals surface area contributed by atoms with E-state index in [0.717, 1.165) is 63.6 Å². The van der Waals surface area contributed by atoms with Gasteiger partial charge in [-0.25, -0.2) is 0 Å². The van der Waals surface area contributed by atoms with Crippen molar-refractivity contribution in [2.24, 2.45) is 5.41 Å². The third kappa shape index (κ3) is 4.35. The van der Waals surface area contributed by atoms with Gasteiger partial charge in [0.05, 0.1) is 32.2 Å². The number of anilines is 1. The minimum absolute atomic E-state index is 0.136. The average Bonchev–Trinajstić information content (AvgIpc) is 3.09. The van der Waals surface area contributed by atoms with E-state index in [1.165, 1.54) is 7.11 Å². The lowest BCUT2D eigenvalue weighted by Crippen LogP contribution is -2.50. The molecule has 0 aromatic carbocycles. The van der Waals surface area contributed by atoms with Crippen LogP contribution in [0.3, 0.4) is 0 Å². The van der Waals surface area contributed by atoms with E-state index in [-0.39, 0.29) is 30.4 Å². The predicted octanol–water partition coefficient (Wildman–Crippen LogP) is 1.93. The number of aliphatic hydroxyl groups excluding tert-OH is 1. The second-order valence-electron chi connectivity index (χ2n) is 9.11. The minimum atomic E-state index is -0.401. The molecule has 3 aliphatic rings. The number of aromatic nitrogens is 1. The number of likely N-dealkylation sites (tertiary alicyclic amines) is 1. The molecule has 4 rings (SSSR count). The maximum atomic E-state index is 13.6. The smallest absolute Gasteiger partial charge is 0.310 e. The molecule has 3 heterocycles. The Morgan fingerprint density at radius 1 is 1.19 bits per heavy atom. The number of hydrogen-bond acceptors (Lipinski definition) is 7. The van der Waals surface area contributed by atoms with Crippen LogP contribution in [-0.4, -0.2) is 72.9 Å². The molecular formula is C23H33N3O5. The van der Waals surface area contributed by atoms with Gasteiger partial charge in [-0.3, -0.25) is 9.59 Å². The monoisotopic (exact) mass is 431 g/mol. The summed E-state index contributed by atoms with van der Waals surface area (Å²) < 4.78 is 10.2. The van der Waals surface area contributed by atoms with E-state index in [1.54, 1.807) is 13.2 Å². The van der Waals surface area contributed by atoms with Gasteiger partial charge >= 0.3 is 5.97 Å². The Hall–Kier alpha value is -2.35. The molecule has 1 saturated carbocycles. The second-order valence-corrected chi connectivity index (χ2v) is 9.11. The van der Waals surface area contributed by atoms with Crippen molar-refractivity contribution in [3.8, 4) is 5.88 Å². The van der Waals surface area contributed by atoms with E-state index in [0.29, 0.717) is 18.2 Å². The first-order valence-corrected chi connectivity index (χ1v) is 11.3. The largest absolute Gasteiger partial charge is 0.481 e. The molecule has 3 fully saturated rings. The number of esters is 1. The normalized spacial score (nSPS) is 28.8. The lowest BCUT2D eigenvalue weighted by atomic mass is 9.78. The summed E-state index contributed by atoms with van der Waals surface area (Å²) in [5.74, 6) is 1.12. The van der Waals surface area contributed by atoms with Gasteiger partial charge in [-0.05, 0) is 51.0 Å². The maximum Gasteiger partial charge on any atom is 0.310 e. The fraction of sp³-hybridized carbons (Fsp3) is 0.696. The number of rotatable bonds is 5. The highest BCUT2D eigenvalue weighted by molar-refractivity contribution is 5.86. The first-order chi connectivity index (χ1) is 15.0. The number of carbonyl (C=O) groups excluding carboxylic acids is 2. The van der Waals surface area contributed by atoms with E-state index < -0.39 is 5.41 Å². The Morgan fingerprint density at radius 3 is 2.68 bits per heavy atom. The van der Waals surface area contributed by atoms with Crippen molar-refractivity contribution in [2.75, 3.05) is 38.8 Å². The molecule has 1 aromatic rings. The lowest BCUT2D eigenvalue weighted by Gasteiger charge is -2.41. The van der Waals surface area contributed by atoms with Crippen molar-refractivity contribution >= 4 is 17.7 Å². The molecule has 170 valence electrons. The van der Waals surface area contributed by atoms with E-state index >= 15 is 0 Å². The van der Waals surface area contributed by atoms with Gasteiger partial charge in [-0.15, -0.1) is 0 Å². The molecule has 1 aliphatic carbocycles. The van der Waals surface area contributed by atoms with Gasteiger partial charge in [0.25, 0.3) is 0 Å². The zero-order chi connectivity index (χ0) is 22.0. The molecule has 1 amide bonds. The minimum Gasteiger partial charge on any atom is -0.481 e. The van der Waals surface area contributed by atoms with Gasteiger partial charge in [0.1, 0.15) is 5.82 Å². The molecule has 0 unspecified atom stereocenters. The van der Waals surface area contributed by atoms with Gasteiger partial charge in [-0.2, -0.15) is 4.98 Å². The number of carbonyl (C=O) groups is 2. The van der Waals surface area contributed by atoms with Crippen molar-refractivity contribution in [3.63, 3.8) is 0 Å². The molecule has 1 atom stereocenters. The number of ether oxygens (including phenoxy) is 2. The molecule has 8 nitrogen and oxygen atoms in total. The first kappa shape index (κ1) is 21.9. The summed E-state index contributed by atoms with van der Waals surface area (Å²) in [4.78, 5) is 34.4. The van der Waals surface area contributed by atoms with E-state index in [4.69, 9.17) is 9.47 Å². The van der Waals surface area contributed by atoms with Crippen LogP contribution in [0.25, 0.3) is 0 Å². The highest BCUT2D eigenvalue weighted by Gasteiger charge is 2.51. The molecular weight excluding hydrogens is 398 g/mol. The van der Waals surface area contributed by atoms with Crippen LogP contribution in [0.5, 0.6) is 5.88 Å². The molecule has 0 radical (unpaired) electrons. The summed E-state index contributed by atoms with van der Waals surface area (Å²) in [6.45, 7) is 2.18. The Bertz CT molecular complexity index is 823. The quantitative estimate of drug-likeness (QED) is 0.712. The number of nitrogens with zero attached hydrogens (tertiary/aromatic N) is 3. The second kappa shape index (κ2) is 9.02. The van der Waals surface area contributed by atoms with Gasteiger partial charge in [0.2, 0.25) is 11.8 Å². The Kier molecular flexibility index (Phi) is 6.36. The van der Waals surface area contributed by atoms with Gasteiger partial charge in [-0.1, -0.05) is 0 Å². The molecule has 31 heavy (non-hydrogen) atoms. The molecule has 2 saturated heterocycles. The van der Waals surface area contributed by atoms with Crippen LogP contribution >= 0.6 is 0 Å². The lowest BCUT2D eigenvalue weighted by molar-refractivity contribution is -0.140. The van der Waals surface area contributed by atoms with E-state index in [1.807, 2.05) is 6.07 Å². The number of methoxy groups -OCH3 is 2. The highest BCUT2D eigenvalue weighted by atomic mass is 16.5. The van der Waals surface area contributed by atoms with Crippen molar-refractivity contribution in [1.82, 2.24) is 9.88 Å². The van der Waals surface area contributed by atoms with Crippen LogP contribution in [0, 0.1) is 5.41 Å². The third-order valence-electron chi connectivity index (χ3n) is 7.23. The van der Waals surface area contributed by atoms with Gasteiger partial charge in [0.15, 0.2) is 0 Å². The molecule has 0 bridgehead atoms. The zero-order valence-electron chi connectivity index (χ0n) is 18.5. The van der Waals surface area contributed by atoms with Crippen molar-refractivity contribution < 1.29 is 24.2 Å². The fourth-order valence-electron chi connectivity index (χ4n) is 5.47. The van der Waals surface area contributed by atoms with Crippen LogP contribution < -0.4 is 9.64 Å². The summed E-state index contributed by atoms with van der Waals surface area (Å²) in [6.07, 6.45) is 5.86. The third-order valence-corrected chi connectivity index (χ3v) is 7.23. The van der Waals surface area contributed by atoms with Crippen molar-refractivity contribution in [2.45, 2.75) is 63.5 Å². The summed E-state index contributed by atoms with van der Waals surface area (Å²) in [5, 5.41) is 9.83. The molecule has 1 N–H and O–H groups in total. The highest BCUT2D eigenvalue weighted by Crippen LogP contribution is 2.43. The number of aliphatic hydroxyl groups is 1. The zero-order valence-corrected chi connectivity index (χ0v) is 18.5. The summed E-state index contributed by atoms with van der Waals surface area (Å²) in [6, 6.07) is 3.85. The van der Waals surface area contributed by atoms with Crippen molar-refractivity contribution in [3.05, 3.63) is 17.7 Å². The first-order valence-electron chi connectivity index (χ1n) is 11.3. The van der Waals surface area contributed by atoms with Crippen LogP contribution in [0.2, 0.25) is 0 Å². The number of hydrogen-bond donors (Lipinski definition) is 1. The van der Waals surface area contributed by atoms with E-state index in [2.05, 4.69) is 14.8 Å². The van der Waals surface area contributed by atoms with Gasteiger partial charge in [0, 0.05) is 37.3 Å². The van der Waals surface area contributed by atoms with Crippen molar-refractivity contribution in [1.29, 1.82) is 0 Å². The van der Waals surface area contributed by atoms with Crippen LogP contribution in [-0.2, 0) is 20.7 Å². The average molecular weight is 432 g/mol. The Balaban J connectivity index is 1.55. The number of piperidine rings is 1. The fourth-order valence-corrected chi connectivity index (χ4v) is 5.47. The topological polar surface area (TPSA) is 92.2 Å². The summed E-state index contributed by atoms with van der Waals surface area (Å²) in [5.41, 5.74) is 0.384. The van der Waals surface area contributed by atoms with Crippen LogP contribution in [0.4, 0.5) is 5.82 Å². The summed E-state index contributed by atoms with van der Waals surface area (Å²) in [7, 11) is 2.95. The Morgan fingerprint density at radius 2 is 1.97 bits per heavy atom. The van der Waals surface area contributed by atoms with Crippen LogP contribution in [0.1, 0.15) is 50.5 Å². The standard InChI is InChI=1S/C23H33N3O5/c1-30-19-9-4-16(14-20(28)31-2)21(24-19)25-12-3-10-23(15-25)11-13-26(22(23)29)17-5-7-18(27)8-6-17/h4,9,17-18,27H,3,5-8,10-15H2,1-2H3/t17?,18?,23-/m0/s1. The van der Waals surface area contributed by atoms with Gasteiger partial charge < -0.3 is 24.4 Å². The SMILES string of the molecule is COC(=O)Cc1ccc(OC)nc1N1CCC[C@]2(CCN(C3CCC(O)CC3)C2=O)C1. The molecule has 2 aliphatic heterocycles. The molecule has 1 aromatic heterocycles.